The highest BCUT2D eigenvalue weighted by molar-refractivity contribution is 4.68. The number of likely N-dealkylation sites (N-methyl/N-ethyl adjacent to an activating group) is 1. The van der Waals surface area contributed by atoms with Crippen LogP contribution in [0.15, 0.2) is 0 Å². The van der Waals surface area contributed by atoms with E-state index in [9.17, 15) is 0 Å². The van der Waals surface area contributed by atoms with Crippen molar-refractivity contribution in [1.29, 1.82) is 0 Å². The van der Waals surface area contributed by atoms with Crippen molar-refractivity contribution < 1.29 is 9.22 Å². The Labute approximate surface area is 68.7 Å². The maximum Gasteiger partial charge on any atom is 0.136 e. The second-order valence-corrected chi connectivity index (χ2v) is 4.18. The molecule has 2 saturated heterocycles. The molecule has 64 valence electrons. The number of ether oxygens (including phenoxy) is 1. The minimum atomic E-state index is 0.829. The number of likely N-dealkylation sites (tertiary alicyclic amines) is 1. The topological polar surface area (TPSA) is 9.23 Å². The SMILES string of the molecule is C[N+]1(C2COC2)CCCCC1. The molecule has 0 amide bonds. The van der Waals surface area contributed by atoms with E-state index in [1.165, 1.54) is 36.8 Å². The number of hydrogen-bond donors (Lipinski definition) is 0. The Hall–Kier alpha value is -0.0800. The van der Waals surface area contributed by atoms with Gasteiger partial charge in [-0.25, -0.2) is 0 Å². The number of piperidine rings is 1. The number of nitrogens with zero attached hydrogens (tertiary/aromatic N) is 1. The molecule has 2 aliphatic heterocycles. The largest absolute Gasteiger partial charge is 0.369 e. The van der Waals surface area contributed by atoms with E-state index in [0.717, 1.165) is 19.3 Å². The predicted octanol–water partition coefficient (Wildman–Crippen LogP) is 1.02. The fraction of sp³-hybridized carbons (Fsp3) is 1.00. The highest BCUT2D eigenvalue weighted by Crippen LogP contribution is 2.24. The monoisotopic (exact) mass is 156 g/mol. The highest BCUT2D eigenvalue weighted by Gasteiger charge is 2.38. The molecule has 0 N–H and O–H groups in total. The smallest absolute Gasteiger partial charge is 0.136 e. The maximum atomic E-state index is 5.24. The van der Waals surface area contributed by atoms with Crippen molar-refractivity contribution in [2.45, 2.75) is 25.3 Å². The second kappa shape index (κ2) is 2.76. The zero-order valence-corrected chi connectivity index (χ0v) is 7.38. The molecule has 0 aromatic heterocycles. The third kappa shape index (κ3) is 1.30. The fourth-order valence-corrected chi connectivity index (χ4v) is 2.18. The molecule has 0 aliphatic carbocycles. The van der Waals surface area contributed by atoms with Crippen molar-refractivity contribution in [3.8, 4) is 0 Å². The van der Waals surface area contributed by atoms with Gasteiger partial charge in [-0.05, 0) is 19.3 Å². The lowest BCUT2D eigenvalue weighted by Crippen LogP contribution is -2.62. The van der Waals surface area contributed by atoms with Gasteiger partial charge in [-0.15, -0.1) is 0 Å². The number of rotatable bonds is 1. The van der Waals surface area contributed by atoms with Gasteiger partial charge >= 0.3 is 0 Å². The lowest BCUT2D eigenvalue weighted by molar-refractivity contribution is -0.946. The Morgan fingerprint density at radius 2 is 1.73 bits per heavy atom. The van der Waals surface area contributed by atoms with E-state index < -0.39 is 0 Å². The number of hydrogen-bond acceptors (Lipinski definition) is 1. The van der Waals surface area contributed by atoms with E-state index in [0.29, 0.717) is 0 Å². The van der Waals surface area contributed by atoms with Crippen molar-refractivity contribution in [2.24, 2.45) is 0 Å². The summed E-state index contributed by atoms with van der Waals surface area (Å²) in [6, 6.07) is 0.829. The molecule has 0 unspecified atom stereocenters. The van der Waals surface area contributed by atoms with Crippen LogP contribution < -0.4 is 0 Å². The van der Waals surface area contributed by atoms with Gasteiger partial charge in [0, 0.05) is 0 Å². The molecule has 0 aromatic rings. The molecular formula is C9H18NO+. The first-order chi connectivity index (χ1) is 5.31. The minimum Gasteiger partial charge on any atom is -0.369 e. The molecule has 0 radical (unpaired) electrons. The van der Waals surface area contributed by atoms with Crippen molar-refractivity contribution in [3.63, 3.8) is 0 Å². The Balaban J connectivity index is 1.94. The van der Waals surface area contributed by atoms with E-state index in [1.54, 1.807) is 0 Å². The first-order valence-electron chi connectivity index (χ1n) is 4.73. The molecule has 0 spiro atoms. The first kappa shape index (κ1) is 7.56. The standard InChI is InChI=1S/C9H18NO/c1-10(9-7-11-8-9)5-3-2-4-6-10/h9H,2-8H2,1H3/q+1. The summed E-state index contributed by atoms with van der Waals surface area (Å²) in [5, 5.41) is 0. The van der Waals surface area contributed by atoms with Crippen LogP contribution in [0.5, 0.6) is 0 Å². The quantitative estimate of drug-likeness (QED) is 0.515. The Bertz CT molecular complexity index is 136. The Morgan fingerprint density at radius 3 is 2.18 bits per heavy atom. The molecule has 2 heteroatoms. The minimum absolute atomic E-state index is 0.829. The Kier molecular flexibility index (Phi) is 1.90. The van der Waals surface area contributed by atoms with Gasteiger partial charge in [0.05, 0.1) is 20.1 Å². The molecule has 0 saturated carbocycles. The summed E-state index contributed by atoms with van der Waals surface area (Å²) in [5.41, 5.74) is 0. The van der Waals surface area contributed by atoms with E-state index >= 15 is 0 Å². The van der Waals surface area contributed by atoms with Gasteiger partial charge in [-0.2, -0.15) is 0 Å². The normalized spacial score (nSPS) is 31.4. The average molecular weight is 156 g/mol. The number of quaternary nitrogens is 1. The van der Waals surface area contributed by atoms with Crippen LogP contribution in [-0.4, -0.2) is 43.9 Å². The summed E-state index contributed by atoms with van der Waals surface area (Å²) in [6.45, 7) is 4.79. The molecule has 0 atom stereocenters. The van der Waals surface area contributed by atoms with E-state index in [1.807, 2.05) is 0 Å². The second-order valence-electron chi connectivity index (χ2n) is 4.18. The summed E-state index contributed by atoms with van der Waals surface area (Å²) in [5.74, 6) is 0. The van der Waals surface area contributed by atoms with Crippen LogP contribution in [-0.2, 0) is 4.74 Å². The van der Waals surface area contributed by atoms with Gasteiger partial charge in [-0.1, -0.05) is 0 Å². The Morgan fingerprint density at radius 1 is 1.09 bits per heavy atom. The molecule has 0 aromatic carbocycles. The average Bonchev–Trinajstić information content (AvgIpc) is 1.83. The third-order valence-electron chi connectivity index (χ3n) is 3.34. The lowest BCUT2D eigenvalue weighted by Gasteiger charge is -2.47. The predicted molar refractivity (Wildman–Crippen MR) is 44.4 cm³/mol. The van der Waals surface area contributed by atoms with Gasteiger partial charge in [0.15, 0.2) is 0 Å². The van der Waals surface area contributed by atoms with Crippen LogP contribution in [0.4, 0.5) is 0 Å². The van der Waals surface area contributed by atoms with Gasteiger partial charge in [0.25, 0.3) is 0 Å². The first-order valence-corrected chi connectivity index (χ1v) is 4.73. The summed E-state index contributed by atoms with van der Waals surface area (Å²) in [6.07, 6.45) is 4.29. The molecule has 11 heavy (non-hydrogen) atoms. The molecule has 2 nitrogen and oxygen atoms in total. The van der Waals surface area contributed by atoms with Crippen molar-refractivity contribution in [3.05, 3.63) is 0 Å². The molecule has 2 rings (SSSR count). The molecule has 0 bridgehead atoms. The van der Waals surface area contributed by atoms with Crippen LogP contribution in [0.25, 0.3) is 0 Å². The van der Waals surface area contributed by atoms with Crippen LogP contribution in [0, 0.1) is 0 Å². The molecule has 2 aliphatic rings. The summed E-state index contributed by atoms with van der Waals surface area (Å²) in [7, 11) is 2.40. The zero-order valence-electron chi connectivity index (χ0n) is 7.38. The maximum absolute atomic E-state index is 5.24. The van der Waals surface area contributed by atoms with Gasteiger partial charge in [0.1, 0.15) is 19.3 Å². The summed E-state index contributed by atoms with van der Waals surface area (Å²) in [4.78, 5) is 0. The van der Waals surface area contributed by atoms with Crippen LogP contribution in [0.2, 0.25) is 0 Å². The van der Waals surface area contributed by atoms with Crippen molar-refractivity contribution in [2.75, 3.05) is 33.4 Å². The molecule has 2 heterocycles. The summed E-state index contributed by atoms with van der Waals surface area (Å²) < 4.78 is 6.53. The highest BCUT2D eigenvalue weighted by atomic mass is 16.5. The molecule has 2 fully saturated rings. The van der Waals surface area contributed by atoms with Crippen LogP contribution in [0.3, 0.4) is 0 Å². The van der Waals surface area contributed by atoms with E-state index in [2.05, 4.69) is 7.05 Å². The van der Waals surface area contributed by atoms with Crippen LogP contribution >= 0.6 is 0 Å². The van der Waals surface area contributed by atoms with Gasteiger partial charge < -0.3 is 9.22 Å². The summed E-state index contributed by atoms with van der Waals surface area (Å²) >= 11 is 0. The zero-order chi connectivity index (χ0) is 7.73. The van der Waals surface area contributed by atoms with Crippen molar-refractivity contribution >= 4 is 0 Å². The van der Waals surface area contributed by atoms with E-state index in [-0.39, 0.29) is 0 Å². The van der Waals surface area contributed by atoms with Gasteiger partial charge in [-0.3, -0.25) is 0 Å². The van der Waals surface area contributed by atoms with Gasteiger partial charge in [0.2, 0.25) is 0 Å². The third-order valence-corrected chi connectivity index (χ3v) is 3.34. The lowest BCUT2D eigenvalue weighted by atomic mass is 10.0. The van der Waals surface area contributed by atoms with E-state index in [4.69, 9.17) is 4.74 Å². The van der Waals surface area contributed by atoms with Crippen LogP contribution in [0.1, 0.15) is 19.3 Å². The molecular weight excluding hydrogens is 138 g/mol. The fourth-order valence-electron chi connectivity index (χ4n) is 2.18. The van der Waals surface area contributed by atoms with Crippen molar-refractivity contribution in [1.82, 2.24) is 0 Å².